The van der Waals surface area contributed by atoms with Gasteiger partial charge in [-0.3, -0.25) is 4.79 Å². The molecule has 3 heteroatoms. The van der Waals surface area contributed by atoms with Crippen LogP contribution in [0.2, 0.25) is 0 Å². The summed E-state index contributed by atoms with van der Waals surface area (Å²) in [5, 5.41) is 6.61. The lowest BCUT2D eigenvalue weighted by Crippen LogP contribution is -2.50. The molecular weight excluding hydrogens is 248 g/mol. The van der Waals surface area contributed by atoms with E-state index in [1.807, 2.05) is 0 Å². The molecule has 3 nitrogen and oxygen atoms in total. The second-order valence-electron chi connectivity index (χ2n) is 6.42. The first kappa shape index (κ1) is 15.6. The molecule has 1 atom stereocenters. The number of amides is 1. The van der Waals surface area contributed by atoms with Crippen molar-refractivity contribution in [3.05, 3.63) is 11.6 Å². The van der Waals surface area contributed by atoms with Crippen LogP contribution in [-0.2, 0) is 4.79 Å². The fraction of sp³-hybridized carbons (Fsp3) is 0.824. The number of carbonyl (C=O) groups excluding carboxylic acids is 1. The average molecular weight is 278 g/mol. The zero-order chi connectivity index (χ0) is 14.3. The predicted octanol–water partition coefficient (Wildman–Crippen LogP) is 3.16. The normalized spacial score (nSPS) is 26.9. The topological polar surface area (TPSA) is 41.1 Å². The van der Waals surface area contributed by atoms with Gasteiger partial charge in [-0.1, -0.05) is 25.0 Å². The molecule has 1 amide bonds. The van der Waals surface area contributed by atoms with Crippen molar-refractivity contribution < 1.29 is 4.79 Å². The Bertz CT molecular complexity index is 337. The molecule has 0 saturated carbocycles. The zero-order valence-corrected chi connectivity index (χ0v) is 13.0. The maximum Gasteiger partial charge on any atom is 0.227 e. The van der Waals surface area contributed by atoms with Gasteiger partial charge < -0.3 is 10.6 Å². The molecule has 1 saturated heterocycles. The molecule has 1 fully saturated rings. The highest BCUT2D eigenvalue weighted by Gasteiger charge is 2.38. The number of allylic oxidation sites excluding steroid dienone is 1. The van der Waals surface area contributed by atoms with Crippen molar-refractivity contribution in [2.45, 2.75) is 64.7 Å². The van der Waals surface area contributed by atoms with Crippen LogP contribution in [0.3, 0.4) is 0 Å². The maximum absolute atomic E-state index is 12.6. The van der Waals surface area contributed by atoms with Gasteiger partial charge in [0.1, 0.15) is 0 Å². The van der Waals surface area contributed by atoms with Crippen molar-refractivity contribution >= 4 is 5.91 Å². The van der Waals surface area contributed by atoms with Crippen LogP contribution in [0.15, 0.2) is 11.6 Å². The van der Waals surface area contributed by atoms with E-state index in [0.29, 0.717) is 0 Å². The largest absolute Gasteiger partial charge is 0.355 e. The lowest BCUT2D eigenvalue weighted by molar-refractivity contribution is -0.132. The van der Waals surface area contributed by atoms with Crippen LogP contribution in [0.25, 0.3) is 0 Å². The Hall–Kier alpha value is -0.830. The number of piperidine rings is 1. The van der Waals surface area contributed by atoms with E-state index in [2.05, 4.69) is 23.6 Å². The lowest BCUT2D eigenvalue weighted by Gasteiger charge is -2.36. The Labute approximate surface area is 123 Å². The molecule has 2 rings (SSSR count). The van der Waals surface area contributed by atoms with Crippen molar-refractivity contribution in [1.29, 1.82) is 0 Å². The third-order valence-corrected chi connectivity index (χ3v) is 4.80. The van der Waals surface area contributed by atoms with Crippen molar-refractivity contribution in [1.82, 2.24) is 10.6 Å². The second-order valence-corrected chi connectivity index (χ2v) is 6.42. The van der Waals surface area contributed by atoms with Gasteiger partial charge in [0.25, 0.3) is 0 Å². The highest BCUT2D eigenvalue weighted by molar-refractivity contribution is 5.83. The third-order valence-electron chi connectivity index (χ3n) is 4.80. The molecule has 1 aliphatic carbocycles. The van der Waals surface area contributed by atoms with E-state index < -0.39 is 0 Å². The number of carbonyl (C=O) groups is 1. The lowest BCUT2D eigenvalue weighted by atomic mass is 9.76. The zero-order valence-electron chi connectivity index (χ0n) is 13.0. The molecule has 0 aromatic heterocycles. The van der Waals surface area contributed by atoms with Crippen LogP contribution in [0.4, 0.5) is 0 Å². The summed E-state index contributed by atoms with van der Waals surface area (Å²) in [6.07, 6.45) is 12.8. The Morgan fingerprint density at radius 1 is 1.40 bits per heavy atom. The van der Waals surface area contributed by atoms with Gasteiger partial charge >= 0.3 is 0 Å². The summed E-state index contributed by atoms with van der Waals surface area (Å²) in [5.74, 6) is 0.281. The van der Waals surface area contributed by atoms with E-state index in [4.69, 9.17) is 0 Å². The summed E-state index contributed by atoms with van der Waals surface area (Å²) >= 11 is 0. The summed E-state index contributed by atoms with van der Waals surface area (Å²) in [6.45, 7) is 4.91. The Balaban J connectivity index is 1.80. The minimum Gasteiger partial charge on any atom is -0.355 e. The highest BCUT2D eigenvalue weighted by atomic mass is 16.2. The van der Waals surface area contributed by atoms with E-state index in [-0.39, 0.29) is 11.3 Å². The van der Waals surface area contributed by atoms with Crippen LogP contribution >= 0.6 is 0 Å². The molecule has 1 aliphatic heterocycles. The third kappa shape index (κ3) is 4.08. The van der Waals surface area contributed by atoms with Gasteiger partial charge in [-0.15, -0.1) is 0 Å². The van der Waals surface area contributed by atoms with E-state index >= 15 is 0 Å². The molecule has 20 heavy (non-hydrogen) atoms. The molecule has 0 aromatic carbocycles. The Morgan fingerprint density at radius 3 is 2.95 bits per heavy atom. The van der Waals surface area contributed by atoms with Crippen molar-refractivity contribution in [2.75, 3.05) is 19.6 Å². The van der Waals surface area contributed by atoms with Crippen LogP contribution in [-0.4, -0.2) is 25.5 Å². The van der Waals surface area contributed by atoms with Crippen LogP contribution < -0.4 is 10.6 Å². The number of rotatable bonds is 6. The first-order valence-electron chi connectivity index (χ1n) is 8.44. The van der Waals surface area contributed by atoms with Gasteiger partial charge in [-0.05, 0) is 57.9 Å². The van der Waals surface area contributed by atoms with E-state index in [1.165, 1.54) is 25.7 Å². The molecule has 0 radical (unpaired) electrons. The van der Waals surface area contributed by atoms with E-state index in [1.54, 1.807) is 5.57 Å². The molecule has 0 aromatic rings. The summed E-state index contributed by atoms with van der Waals surface area (Å²) in [7, 11) is 0. The predicted molar refractivity (Wildman–Crippen MR) is 83.6 cm³/mol. The molecule has 2 aliphatic rings. The molecule has 0 bridgehead atoms. The van der Waals surface area contributed by atoms with E-state index in [0.717, 1.165) is 51.7 Å². The van der Waals surface area contributed by atoms with Crippen LogP contribution in [0, 0.1) is 5.41 Å². The Kier molecular flexibility index (Phi) is 6.08. The van der Waals surface area contributed by atoms with Crippen molar-refractivity contribution in [3.8, 4) is 0 Å². The van der Waals surface area contributed by atoms with Crippen LogP contribution in [0.5, 0.6) is 0 Å². The quantitative estimate of drug-likeness (QED) is 0.733. The summed E-state index contributed by atoms with van der Waals surface area (Å²) < 4.78 is 0. The highest BCUT2D eigenvalue weighted by Crippen LogP contribution is 2.32. The standard InChI is InChI=1S/C17H30N2O/c1-2-10-17(11-6-12-18-14-17)16(20)19-13-9-15-7-4-3-5-8-15/h7,18H,2-6,8-14H2,1H3,(H,19,20). The van der Waals surface area contributed by atoms with E-state index in [9.17, 15) is 4.79 Å². The minimum absolute atomic E-state index is 0.145. The molecule has 1 heterocycles. The van der Waals surface area contributed by atoms with Crippen molar-refractivity contribution in [3.63, 3.8) is 0 Å². The average Bonchev–Trinajstić information content (AvgIpc) is 2.49. The molecule has 1 unspecified atom stereocenters. The number of nitrogens with one attached hydrogen (secondary N) is 2. The Morgan fingerprint density at radius 2 is 2.30 bits per heavy atom. The first-order valence-corrected chi connectivity index (χ1v) is 8.44. The summed E-state index contributed by atoms with van der Waals surface area (Å²) in [4.78, 5) is 12.6. The van der Waals surface area contributed by atoms with Gasteiger partial charge in [-0.25, -0.2) is 0 Å². The first-order chi connectivity index (χ1) is 9.77. The van der Waals surface area contributed by atoms with Crippen LogP contribution in [0.1, 0.15) is 64.7 Å². The second kappa shape index (κ2) is 7.82. The van der Waals surface area contributed by atoms with Gasteiger partial charge in [0, 0.05) is 13.1 Å². The summed E-state index contributed by atoms with van der Waals surface area (Å²) in [6, 6.07) is 0. The smallest absolute Gasteiger partial charge is 0.227 e. The van der Waals surface area contributed by atoms with Crippen molar-refractivity contribution in [2.24, 2.45) is 5.41 Å². The minimum atomic E-state index is -0.145. The van der Waals surface area contributed by atoms with Gasteiger partial charge in [0.2, 0.25) is 5.91 Å². The fourth-order valence-electron chi connectivity index (χ4n) is 3.62. The number of hydrogen-bond acceptors (Lipinski definition) is 2. The van der Waals surface area contributed by atoms with Gasteiger partial charge in [-0.2, -0.15) is 0 Å². The maximum atomic E-state index is 12.6. The monoisotopic (exact) mass is 278 g/mol. The molecular formula is C17H30N2O. The van der Waals surface area contributed by atoms with Gasteiger partial charge in [0.05, 0.1) is 5.41 Å². The molecule has 114 valence electrons. The van der Waals surface area contributed by atoms with Gasteiger partial charge in [0.15, 0.2) is 0 Å². The number of hydrogen-bond donors (Lipinski definition) is 2. The molecule has 0 spiro atoms. The molecule has 2 N–H and O–H groups in total. The SMILES string of the molecule is CCCC1(C(=O)NCCC2=CCCCC2)CCCNC1. The summed E-state index contributed by atoms with van der Waals surface area (Å²) in [5.41, 5.74) is 1.40. The fourth-order valence-corrected chi connectivity index (χ4v) is 3.62.